The van der Waals surface area contributed by atoms with Gasteiger partial charge in [-0.05, 0) is 70.4 Å². The van der Waals surface area contributed by atoms with Crippen molar-refractivity contribution in [2.24, 2.45) is 5.92 Å². The Morgan fingerprint density at radius 1 is 1.35 bits per heavy atom. The van der Waals surface area contributed by atoms with Crippen LogP contribution in [0.2, 0.25) is 0 Å². The van der Waals surface area contributed by atoms with E-state index in [9.17, 15) is 8.78 Å². The molecule has 1 aromatic rings. The van der Waals surface area contributed by atoms with Crippen LogP contribution in [0, 0.1) is 24.5 Å². The third-order valence-electron chi connectivity index (χ3n) is 4.33. The van der Waals surface area contributed by atoms with Gasteiger partial charge in [-0.25, -0.2) is 8.78 Å². The van der Waals surface area contributed by atoms with Crippen LogP contribution in [0.25, 0.3) is 0 Å². The van der Waals surface area contributed by atoms with Crippen LogP contribution in [0.3, 0.4) is 0 Å². The molecule has 1 N–H and O–H groups in total. The summed E-state index contributed by atoms with van der Waals surface area (Å²) < 4.78 is 27.7. The first-order valence-electron chi connectivity index (χ1n) is 7.35. The molecule has 112 valence electrons. The SMILES string of the molecule is Cc1cc(F)c(C(C)N(C)CC2CCCNC2)cc1F. The Bertz CT molecular complexity index is 456. The average molecular weight is 282 g/mol. The summed E-state index contributed by atoms with van der Waals surface area (Å²) in [5.74, 6) is -0.0550. The van der Waals surface area contributed by atoms with Crippen LogP contribution in [0.5, 0.6) is 0 Å². The highest BCUT2D eigenvalue weighted by Gasteiger charge is 2.21. The third kappa shape index (κ3) is 3.55. The summed E-state index contributed by atoms with van der Waals surface area (Å²) in [4.78, 5) is 2.12. The molecule has 0 aromatic heterocycles. The smallest absolute Gasteiger partial charge is 0.128 e. The Morgan fingerprint density at radius 2 is 2.10 bits per heavy atom. The maximum absolute atomic E-state index is 14.0. The minimum Gasteiger partial charge on any atom is -0.316 e. The molecule has 4 heteroatoms. The minimum absolute atomic E-state index is 0.118. The molecule has 0 saturated carbocycles. The van der Waals surface area contributed by atoms with Gasteiger partial charge in [0.25, 0.3) is 0 Å². The molecule has 20 heavy (non-hydrogen) atoms. The van der Waals surface area contributed by atoms with Gasteiger partial charge in [-0.2, -0.15) is 0 Å². The van der Waals surface area contributed by atoms with E-state index >= 15 is 0 Å². The first kappa shape index (κ1) is 15.4. The zero-order valence-electron chi connectivity index (χ0n) is 12.5. The van der Waals surface area contributed by atoms with E-state index < -0.39 is 0 Å². The largest absolute Gasteiger partial charge is 0.316 e. The number of benzene rings is 1. The van der Waals surface area contributed by atoms with Crippen LogP contribution in [-0.2, 0) is 0 Å². The summed E-state index contributed by atoms with van der Waals surface area (Å²) in [5.41, 5.74) is 0.803. The highest BCUT2D eigenvalue weighted by molar-refractivity contribution is 5.27. The van der Waals surface area contributed by atoms with Gasteiger partial charge >= 0.3 is 0 Å². The second kappa shape index (κ2) is 6.64. The zero-order valence-corrected chi connectivity index (χ0v) is 12.5. The number of halogens is 2. The van der Waals surface area contributed by atoms with Gasteiger partial charge in [-0.1, -0.05) is 0 Å². The van der Waals surface area contributed by atoms with Crippen molar-refractivity contribution in [2.75, 3.05) is 26.7 Å². The maximum atomic E-state index is 14.0. The number of nitrogens with one attached hydrogen (secondary N) is 1. The van der Waals surface area contributed by atoms with Crippen LogP contribution in [0.15, 0.2) is 12.1 Å². The quantitative estimate of drug-likeness (QED) is 0.912. The normalized spacial score (nSPS) is 21.2. The number of rotatable bonds is 4. The fourth-order valence-electron chi connectivity index (χ4n) is 2.86. The van der Waals surface area contributed by atoms with E-state index in [1.165, 1.54) is 25.0 Å². The molecule has 0 amide bonds. The lowest BCUT2D eigenvalue weighted by molar-refractivity contribution is 0.196. The number of piperidine rings is 1. The van der Waals surface area contributed by atoms with E-state index in [-0.39, 0.29) is 17.7 Å². The second-order valence-electron chi connectivity index (χ2n) is 5.95. The summed E-state index contributed by atoms with van der Waals surface area (Å²) >= 11 is 0. The van der Waals surface area contributed by atoms with Gasteiger partial charge in [0.1, 0.15) is 11.6 Å². The minimum atomic E-state index is -0.332. The molecule has 1 saturated heterocycles. The fourth-order valence-corrected chi connectivity index (χ4v) is 2.86. The summed E-state index contributed by atoms with van der Waals surface area (Å²) in [6.07, 6.45) is 2.40. The van der Waals surface area contributed by atoms with Crippen LogP contribution in [0.1, 0.15) is 36.9 Å². The number of aryl methyl sites for hydroxylation is 1. The Labute approximate surface area is 120 Å². The van der Waals surface area contributed by atoms with Gasteiger partial charge in [0, 0.05) is 18.2 Å². The molecule has 2 nitrogen and oxygen atoms in total. The van der Waals surface area contributed by atoms with E-state index in [1.54, 1.807) is 6.92 Å². The van der Waals surface area contributed by atoms with E-state index in [2.05, 4.69) is 10.2 Å². The molecular weight excluding hydrogens is 258 g/mol. The van der Waals surface area contributed by atoms with Crippen molar-refractivity contribution < 1.29 is 8.78 Å². The maximum Gasteiger partial charge on any atom is 0.128 e. The predicted octanol–water partition coefficient (Wildman–Crippen LogP) is 3.27. The Balaban J connectivity index is 2.05. The first-order valence-corrected chi connectivity index (χ1v) is 7.35. The predicted molar refractivity (Wildman–Crippen MR) is 77.7 cm³/mol. The molecule has 0 bridgehead atoms. The third-order valence-corrected chi connectivity index (χ3v) is 4.33. The average Bonchev–Trinajstić information content (AvgIpc) is 2.43. The van der Waals surface area contributed by atoms with E-state index in [4.69, 9.17) is 0 Å². The number of hydrogen-bond donors (Lipinski definition) is 1. The molecule has 1 aliphatic rings. The van der Waals surface area contributed by atoms with Gasteiger partial charge in [0.15, 0.2) is 0 Å². The van der Waals surface area contributed by atoms with Crippen molar-refractivity contribution in [2.45, 2.75) is 32.7 Å². The Kier molecular flexibility index (Phi) is 5.11. The van der Waals surface area contributed by atoms with Crippen LogP contribution in [0.4, 0.5) is 8.78 Å². The lowest BCUT2D eigenvalue weighted by Crippen LogP contribution is -2.37. The first-order chi connectivity index (χ1) is 9.49. The summed E-state index contributed by atoms with van der Waals surface area (Å²) in [6, 6.07) is 2.51. The van der Waals surface area contributed by atoms with Gasteiger partial charge < -0.3 is 5.32 Å². The van der Waals surface area contributed by atoms with Crippen molar-refractivity contribution in [3.63, 3.8) is 0 Å². The molecule has 1 aliphatic heterocycles. The van der Waals surface area contributed by atoms with Gasteiger partial charge in [-0.3, -0.25) is 4.90 Å². The highest BCUT2D eigenvalue weighted by Crippen LogP contribution is 2.25. The van der Waals surface area contributed by atoms with Gasteiger partial charge in [-0.15, -0.1) is 0 Å². The lowest BCUT2D eigenvalue weighted by Gasteiger charge is -2.31. The fraction of sp³-hybridized carbons (Fsp3) is 0.625. The van der Waals surface area contributed by atoms with E-state index in [0.717, 1.165) is 19.6 Å². The van der Waals surface area contributed by atoms with Crippen molar-refractivity contribution in [1.29, 1.82) is 0 Å². The molecule has 2 unspecified atom stereocenters. The summed E-state index contributed by atoms with van der Waals surface area (Å²) in [7, 11) is 1.98. The molecule has 1 heterocycles. The van der Waals surface area contributed by atoms with E-state index in [0.29, 0.717) is 17.0 Å². The van der Waals surface area contributed by atoms with Crippen molar-refractivity contribution in [1.82, 2.24) is 10.2 Å². The molecule has 0 aliphatic carbocycles. The summed E-state index contributed by atoms with van der Waals surface area (Å²) in [5, 5.41) is 3.39. The molecular formula is C16H24F2N2. The molecule has 0 radical (unpaired) electrons. The summed E-state index contributed by atoms with van der Waals surface area (Å²) in [6.45, 7) is 6.53. The molecule has 1 fully saturated rings. The van der Waals surface area contributed by atoms with Crippen LogP contribution < -0.4 is 5.32 Å². The lowest BCUT2D eigenvalue weighted by atomic mass is 9.97. The van der Waals surface area contributed by atoms with Crippen LogP contribution in [-0.4, -0.2) is 31.6 Å². The number of nitrogens with zero attached hydrogens (tertiary/aromatic N) is 1. The highest BCUT2D eigenvalue weighted by atomic mass is 19.1. The monoisotopic (exact) mass is 282 g/mol. The zero-order chi connectivity index (χ0) is 14.7. The Hall–Kier alpha value is -1.00. The molecule has 2 atom stereocenters. The van der Waals surface area contributed by atoms with E-state index in [1.807, 2.05) is 14.0 Å². The van der Waals surface area contributed by atoms with Crippen molar-refractivity contribution in [3.05, 3.63) is 34.9 Å². The number of hydrogen-bond acceptors (Lipinski definition) is 2. The second-order valence-corrected chi connectivity index (χ2v) is 5.95. The molecule has 1 aromatic carbocycles. The molecule has 2 rings (SSSR count). The van der Waals surface area contributed by atoms with Crippen molar-refractivity contribution in [3.8, 4) is 0 Å². The van der Waals surface area contributed by atoms with Crippen LogP contribution >= 0.6 is 0 Å². The topological polar surface area (TPSA) is 15.3 Å². The standard InChI is InChI=1S/C16H24F2N2/c1-11-7-16(18)14(8-15(11)17)12(2)20(3)10-13-5-4-6-19-9-13/h7-8,12-13,19H,4-6,9-10H2,1-3H3. The Morgan fingerprint density at radius 3 is 2.75 bits per heavy atom. The molecule has 0 spiro atoms. The van der Waals surface area contributed by atoms with Gasteiger partial charge in [0.05, 0.1) is 0 Å². The van der Waals surface area contributed by atoms with Gasteiger partial charge in [0.2, 0.25) is 0 Å². The van der Waals surface area contributed by atoms with Crippen molar-refractivity contribution >= 4 is 0 Å².